The minimum absolute atomic E-state index is 0.152. The molecule has 118 valence electrons. The third-order valence-corrected chi connectivity index (χ3v) is 3.37. The van der Waals surface area contributed by atoms with E-state index in [1.54, 1.807) is 25.3 Å². The van der Waals surface area contributed by atoms with E-state index in [4.69, 9.17) is 9.47 Å². The minimum Gasteiger partial charge on any atom is -0.507 e. The number of para-hydroxylation sites is 1. The van der Waals surface area contributed by atoms with Crippen LogP contribution in [0.2, 0.25) is 0 Å². The second kappa shape index (κ2) is 6.39. The molecule has 0 unspecified atom stereocenters. The molecular weight excluding hydrogens is 294 g/mol. The van der Waals surface area contributed by atoms with Crippen LogP contribution >= 0.6 is 0 Å². The second-order valence-electron chi connectivity index (χ2n) is 4.82. The number of ether oxygens (including phenoxy) is 2. The zero-order valence-corrected chi connectivity index (χ0v) is 12.9. The summed E-state index contributed by atoms with van der Waals surface area (Å²) in [6, 6.07) is 12.5. The molecule has 0 aliphatic heterocycles. The summed E-state index contributed by atoms with van der Waals surface area (Å²) in [6.07, 6.45) is 0. The average Bonchev–Trinajstić information content (AvgIpc) is 3.05. The number of aromatic nitrogens is 3. The molecule has 2 aromatic carbocycles. The van der Waals surface area contributed by atoms with Crippen LogP contribution in [0, 0.1) is 0 Å². The van der Waals surface area contributed by atoms with Gasteiger partial charge < -0.3 is 14.6 Å². The summed E-state index contributed by atoms with van der Waals surface area (Å²) in [4.78, 5) is 4.44. The van der Waals surface area contributed by atoms with E-state index in [-0.39, 0.29) is 5.75 Å². The fraction of sp³-hybridized carbons (Fsp3) is 0.176. The highest BCUT2D eigenvalue weighted by molar-refractivity contribution is 5.67. The zero-order valence-electron chi connectivity index (χ0n) is 12.9. The number of nitrogens with one attached hydrogen (secondary N) is 1. The summed E-state index contributed by atoms with van der Waals surface area (Å²) in [6.45, 7) is 2.48. The van der Waals surface area contributed by atoms with Gasteiger partial charge in [-0.15, -0.1) is 0 Å². The van der Waals surface area contributed by atoms with Crippen LogP contribution in [0.3, 0.4) is 0 Å². The minimum atomic E-state index is 0.152. The van der Waals surface area contributed by atoms with E-state index in [0.717, 1.165) is 5.56 Å². The van der Waals surface area contributed by atoms with Crippen molar-refractivity contribution >= 4 is 0 Å². The summed E-state index contributed by atoms with van der Waals surface area (Å²) in [5.41, 5.74) is 1.40. The lowest BCUT2D eigenvalue weighted by molar-refractivity contribution is 0.311. The van der Waals surface area contributed by atoms with Crippen molar-refractivity contribution in [2.24, 2.45) is 0 Å². The predicted octanol–water partition coefficient (Wildman–Crippen LogP) is 3.25. The van der Waals surface area contributed by atoms with E-state index in [1.165, 1.54) is 0 Å². The summed E-state index contributed by atoms with van der Waals surface area (Å²) >= 11 is 0. The van der Waals surface area contributed by atoms with Gasteiger partial charge in [0.25, 0.3) is 0 Å². The molecule has 3 rings (SSSR count). The van der Waals surface area contributed by atoms with Gasteiger partial charge >= 0.3 is 0 Å². The molecule has 0 bridgehead atoms. The third-order valence-electron chi connectivity index (χ3n) is 3.37. The Balaban J connectivity index is 1.96. The normalized spacial score (nSPS) is 10.5. The van der Waals surface area contributed by atoms with Crippen molar-refractivity contribution in [3.63, 3.8) is 0 Å². The molecular formula is C17H17N3O3. The number of benzene rings is 2. The zero-order chi connectivity index (χ0) is 16.2. The van der Waals surface area contributed by atoms with E-state index in [9.17, 15) is 5.11 Å². The van der Waals surface area contributed by atoms with Crippen molar-refractivity contribution in [3.05, 3.63) is 42.5 Å². The van der Waals surface area contributed by atoms with Gasteiger partial charge in [0, 0.05) is 5.56 Å². The lowest BCUT2D eigenvalue weighted by Gasteiger charge is -2.09. The van der Waals surface area contributed by atoms with Crippen molar-refractivity contribution < 1.29 is 14.6 Å². The SMILES string of the molecule is CCOc1ccc(-c2n[nH]c(-c3ccccc3O)n2)cc1OC. The molecule has 1 aromatic heterocycles. The molecule has 3 aromatic rings. The Morgan fingerprint density at radius 3 is 2.70 bits per heavy atom. The first-order valence-electron chi connectivity index (χ1n) is 7.25. The first-order valence-corrected chi connectivity index (χ1v) is 7.25. The maximum Gasteiger partial charge on any atom is 0.181 e. The highest BCUT2D eigenvalue weighted by Crippen LogP contribution is 2.32. The van der Waals surface area contributed by atoms with Gasteiger partial charge in [0.2, 0.25) is 0 Å². The van der Waals surface area contributed by atoms with Gasteiger partial charge in [0.15, 0.2) is 23.1 Å². The standard InChI is InChI=1S/C17H17N3O3/c1-3-23-14-9-8-11(10-15(14)22-2)16-18-17(20-19-16)12-6-4-5-7-13(12)21/h4-10,21H,3H2,1-2H3,(H,18,19,20). The van der Waals surface area contributed by atoms with E-state index >= 15 is 0 Å². The van der Waals surface area contributed by atoms with Crippen LogP contribution < -0.4 is 9.47 Å². The molecule has 0 saturated heterocycles. The molecule has 0 amide bonds. The van der Waals surface area contributed by atoms with Crippen LogP contribution in [0.15, 0.2) is 42.5 Å². The highest BCUT2D eigenvalue weighted by atomic mass is 16.5. The fourth-order valence-corrected chi connectivity index (χ4v) is 2.27. The van der Waals surface area contributed by atoms with E-state index in [2.05, 4.69) is 15.2 Å². The molecule has 2 N–H and O–H groups in total. The van der Waals surface area contributed by atoms with Crippen molar-refractivity contribution in [1.82, 2.24) is 15.2 Å². The van der Waals surface area contributed by atoms with Gasteiger partial charge in [-0.05, 0) is 37.3 Å². The topological polar surface area (TPSA) is 80.3 Å². The summed E-state index contributed by atoms with van der Waals surface area (Å²) in [5, 5.41) is 17.0. The molecule has 0 fully saturated rings. The van der Waals surface area contributed by atoms with Gasteiger partial charge in [-0.25, -0.2) is 4.98 Å². The number of hydrogen-bond donors (Lipinski definition) is 2. The van der Waals surface area contributed by atoms with Crippen molar-refractivity contribution in [1.29, 1.82) is 0 Å². The van der Waals surface area contributed by atoms with Gasteiger partial charge in [0.1, 0.15) is 5.75 Å². The van der Waals surface area contributed by atoms with Crippen LogP contribution in [0.25, 0.3) is 22.8 Å². The number of aromatic hydroxyl groups is 1. The molecule has 23 heavy (non-hydrogen) atoms. The number of nitrogens with zero attached hydrogens (tertiary/aromatic N) is 2. The fourth-order valence-electron chi connectivity index (χ4n) is 2.27. The molecule has 0 radical (unpaired) electrons. The van der Waals surface area contributed by atoms with E-state index < -0.39 is 0 Å². The van der Waals surface area contributed by atoms with E-state index in [0.29, 0.717) is 35.3 Å². The first-order chi connectivity index (χ1) is 11.2. The molecule has 0 saturated carbocycles. The Morgan fingerprint density at radius 2 is 1.96 bits per heavy atom. The monoisotopic (exact) mass is 311 g/mol. The average molecular weight is 311 g/mol. The highest BCUT2D eigenvalue weighted by Gasteiger charge is 2.13. The molecule has 6 heteroatoms. The number of phenolic OH excluding ortho intramolecular Hbond substituents is 1. The third kappa shape index (κ3) is 2.96. The smallest absolute Gasteiger partial charge is 0.181 e. The van der Waals surface area contributed by atoms with Gasteiger partial charge in [-0.1, -0.05) is 12.1 Å². The number of aromatic amines is 1. The van der Waals surface area contributed by atoms with Gasteiger partial charge in [-0.3, -0.25) is 5.10 Å². The number of rotatable bonds is 5. The maximum absolute atomic E-state index is 9.90. The number of hydrogen-bond acceptors (Lipinski definition) is 5. The molecule has 0 atom stereocenters. The van der Waals surface area contributed by atoms with Crippen molar-refractivity contribution in [2.45, 2.75) is 6.92 Å². The second-order valence-corrected chi connectivity index (χ2v) is 4.82. The molecule has 1 heterocycles. The Hall–Kier alpha value is -3.02. The Bertz CT molecular complexity index is 814. The quantitative estimate of drug-likeness (QED) is 0.756. The summed E-state index contributed by atoms with van der Waals surface area (Å²) in [7, 11) is 1.59. The van der Waals surface area contributed by atoms with Gasteiger partial charge in [0.05, 0.1) is 19.3 Å². The van der Waals surface area contributed by atoms with Crippen LogP contribution in [0.5, 0.6) is 17.2 Å². The van der Waals surface area contributed by atoms with Crippen LogP contribution in [-0.2, 0) is 0 Å². The van der Waals surface area contributed by atoms with Crippen LogP contribution in [-0.4, -0.2) is 34.0 Å². The largest absolute Gasteiger partial charge is 0.507 e. The van der Waals surface area contributed by atoms with E-state index in [1.807, 2.05) is 31.2 Å². The summed E-state index contributed by atoms with van der Waals surface area (Å²) in [5.74, 6) is 2.48. The maximum atomic E-state index is 9.90. The molecule has 0 aliphatic carbocycles. The Morgan fingerprint density at radius 1 is 1.13 bits per heavy atom. The number of methoxy groups -OCH3 is 1. The number of H-pyrrole nitrogens is 1. The van der Waals surface area contributed by atoms with Gasteiger partial charge in [-0.2, -0.15) is 5.10 Å². The Kier molecular flexibility index (Phi) is 4.14. The lowest BCUT2D eigenvalue weighted by Crippen LogP contribution is -1.95. The first kappa shape index (κ1) is 14.9. The van der Waals surface area contributed by atoms with Crippen molar-refractivity contribution in [2.75, 3.05) is 13.7 Å². The Labute approximate surface area is 133 Å². The molecule has 6 nitrogen and oxygen atoms in total. The number of phenols is 1. The summed E-state index contributed by atoms with van der Waals surface area (Å²) < 4.78 is 10.8. The predicted molar refractivity (Wildman–Crippen MR) is 86.6 cm³/mol. The lowest BCUT2D eigenvalue weighted by atomic mass is 10.2. The molecule has 0 aliphatic rings. The van der Waals surface area contributed by atoms with Crippen LogP contribution in [0.4, 0.5) is 0 Å². The molecule has 0 spiro atoms. The van der Waals surface area contributed by atoms with Crippen LogP contribution in [0.1, 0.15) is 6.92 Å². The van der Waals surface area contributed by atoms with Crippen molar-refractivity contribution in [3.8, 4) is 40.0 Å².